The third kappa shape index (κ3) is 2.25. The summed E-state index contributed by atoms with van der Waals surface area (Å²) >= 11 is 0. The zero-order valence-electron chi connectivity index (χ0n) is 12.5. The molecule has 0 spiro atoms. The maximum Gasteiger partial charge on any atom is 0.0194 e. The summed E-state index contributed by atoms with van der Waals surface area (Å²) in [6.07, 6.45) is 10.6. The van der Waals surface area contributed by atoms with Crippen molar-refractivity contribution in [1.82, 2.24) is 4.90 Å². The summed E-state index contributed by atoms with van der Waals surface area (Å²) < 4.78 is 0. The van der Waals surface area contributed by atoms with E-state index < -0.39 is 0 Å². The van der Waals surface area contributed by atoms with Crippen molar-refractivity contribution in [2.75, 3.05) is 19.6 Å². The number of hydrogen-bond acceptors (Lipinski definition) is 2. The van der Waals surface area contributed by atoms with Crippen LogP contribution in [0.25, 0.3) is 0 Å². The maximum absolute atomic E-state index is 6.29. The number of likely N-dealkylation sites (tertiary alicyclic amines) is 1. The fourth-order valence-electron chi connectivity index (χ4n) is 6.27. The van der Waals surface area contributed by atoms with E-state index >= 15 is 0 Å². The van der Waals surface area contributed by atoms with Gasteiger partial charge in [-0.15, -0.1) is 0 Å². The summed E-state index contributed by atoms with van der Waals surface area (Å²) in [5.74, 6) is 3.99. The van der Waals surface area contributed by atoms with E-state index in [2.05, 4.69) is 11.8 Å². The average Bonchev–Trinajstić information content (AvgIpc) is 2.31. The van der Waals surface area contributed by atoms with Gasteiger partial charge in [0.1, 0.15) is 0 Å². The molecule has 1 heterocycles. The number of hydrogen-bond donors (Lipinski definition) is 1. The van der Waals surface area contributed by atoms with Gasteiger partial charge in [-0.3, -0.25) is 0 Å². The molecular formula is C17H30N2. The molecule has 19 heavy (non-hydrogen) atoms. The first-order chi connectivity index (χ1) is 9.12. The van der Waals surface area contributed by atoms with Gasteiger partial charge in [0.25, 0.3) is 0 Å². The van der Waals surface area contributed by atoms with Crippen molar-refractivity contribution in [3.63, 3.8) is 0 Å². The molecule has 0 aromatic heterocycles. The Bertz CT molecular complexity index is 316. The lowest BCUT2D eigenvalue weighted by Crippen LogP contribution is -2.55. The lowest BCUT2D eigenvalue weighted by molar-refractivity contribution is -0.0731. The molecule has 5 aliphatic rings. The maximum atomic E-state index is 6.29. The second-order valence-electron chi connectivity index (χ2n) is 8.58. The van der Waals surface area contributed by atoms with Crippen molar-refractivity contribution in [3.05, 3.63) is 0 Å². The normalized spacial score (nSPS) is 53.7. The Morgan fingerprint density at radius 2 is 1.63 bits per heavy atom. The van der Waals surface area contributed by atoms with Gasteiger partial charge in [0, 0.05) is 19.1 Å². The smallest absolute Gasteiger partial charge is 0.0194 e. The summed E-state index contributed by atoms with van der Waals surface area (Å²) in [5, 5.41) is 0. The molecule has 5 rings (SSSR count). The first kappa shape index (κ1) is 12.6. The number of nitrogens with two attached hydrogens (primary N) is 1. The van der Waals surface area contributed by atoms with Crippen LogP contribution in [0.5, 0.6) is 0 Å². The van der Waals surface area contributed by atoms with Crippen LogP contribution in [0.1, 0.15) is 51.9 Å². The Balaban J connectivity index is 1.45. The fraction of sp³-hybridized carbons (Fsp3) is 1.00. The van der Waals surface area contributed by atoms with Crippen LogP contribution in [0.2, 0.25) is 0 Å². The summed E-state index contributed by atoms with van der Waals surface area (Å²) in [5.41, 5.74) is 7.00. The molecule has 4 bridgehead atoms. The van der Waals surface area contributed by atoms with Crippen molar-refractivity contribution in [2.24, 2.45) is 34.8 Å². The highest BCUT2D eigenvalue weighted by Gasteiger charge is 2.51. The van der Waals surface area contributed by atoms with Crippen molar-refractivity contribution < 1.29 is 0 Å². The van der Waals surface area contributed by atoms with Gasteiger partial charge in [-0.2, -0.15) is 0 Å². The Labute approximate surface area is 118 Å². The van der Waals surface area contributed by atoms with Gasteiger partial charge >= 0.3 is 0 Å². The standard InChI is InChI=1S/C17H30N2/c1-12-2-3-19(10-16(12)18)11-17-7-13-4-14(8-17)6-15(5-13)9-17/h12-16H,2-11,18H2,1H3. The van der Waals surface area contributed by atoms with E-state index in [1.807, 2.05) is 0 Å². The predicted octanol–water partition coefficient (Wildman–Crippen LogP) is 2.87. The molecule has 0 aromatic carbocycles. The molecule has 1 aliphatic heterocycles. The lowest BCUT2D eigenvalue weighted by atomic mass is 9.49. The van der Waals surface area contributed by atoms with Gasteiger partial charge in [0.05, 0.1) is 0 Å². The molecule has 2 atom stereocenters. The van der Waals surface area contributed by atoms with Crippen LogP contribution >= 0.6 is 0 Å². The largest absolute Gasteiger partial charge is 0.326 e. The van der Waals surface area contributed by atoms with Gasteiger partial charge < -0.3 is 10.6 Å². The van der Waals surface area contributed by atoms with E-state index in [0.29, 0.717) is 11.5 Å². The highest BCUT2D eigenvalue weighted by atomic mass is 15.2. The molecule has 0 amide bonds. The van der Waals surface area contributed by atoms with Gasteiger partial charge in [-0.1, -0.05) is 6.92 Å². The van der Waals surface area contributed by atoms with E-state index in [1.54, 1.807) is 38.5 Å². The lowest BCUT2D eigenvalue weighted by Gasteiger charge is -2.58. The minimum absolute atomic E-state index is 0.419. The zero-order chi connectivity index (χ0) is 13.0. The van der Waals surface area contributed by atoms with Gasteiger partial charge in [0.2, 0.25) is 0 Å². The Morgan fingerprint density at radius 3 is 2.16 bits per heavy atom. The second kappa shape index (κ2) is 4.46. The quantitative estimate of drug-likeness (QED) is 0.829. The molecule has 2 unspecified atom stereocenters. The Kier molecular flexibility index (Phi) is 2.97. The third-order valence-electron chi connectivity index (χ3n) is 6.82. The SMILES string of the molecule is CC1CCN(CC23CC4CC(CC(C4)C2)C3)CC1N. The van der Waals surface area contributed by atoms with Crippen LogP contribution in [0.4, 0.5) is 0 Å². The summed E-state index contributed by atoms with van der Waals surface area (Å²) in [6.45, 7) is 6.16. The Hall–Kier alpha value is -0.0800. The van der Waals surface area contributed by atoms with E-state index in [-0.39, 0.29) is 0 Å². The topological polar surface area (TPSA) is 29.3 Å². The van der Waals surface area contributed by atoms with Crippen LogP contribution in [0.15, 0.2) is 0 Å². The predicted molar refractivity (Wildman–Crippen MR) is 78.8 cm³/mol. The van der Waals surface area contributed by atoms with Crippen LogP contribution in [-0.2, 0) is 0 Å². The molecule has 2 nitrogen and oxygen atoms in total. The summed E-state index contributed by atoms with van der Waals surface area (Å²) in [6, 6.07) is 0.419. The van der Waals surface area contributed by atoms with Gasteiger partial charge in [-0.05, 0) is 80.6 Å². The molecular weight excluding hydrogens is 232 g/mol. The van der Waals surface area contributed by atoms with Gasteiger partial charge in [-0.25, -0.2) is 0 Å². The molecule has 5 fully saturated rings. The molecule has 1 saturated heterocycles. The minimum atomic E-state index is 0.419. The van der Waals surface area contributed by atoms with Crippen LogP contribution in [0, 0.1) is 29.1 Å². The number of piperidine rings is 1. The molecule has 4 aliphatic carbocycles. The van der Waals surface area contributed by atoms with Crippen LogP contribution in [-0.4, -0.2) is 30.6 Å². The van der Waals surface area contributed by atoms with Gasteiger partial charge in [0.15, 0.2) is 0 Å². The monoisotopic (exact) mass is 262 g/mol. The molecule has 0 aromatic rings. The highest BCUT2D eigenvalue weighted by molar-refractivity contribution is 5.03. The fourth-order valence-corrected chi connectivity index (χ4v) is 6.27. The average molecular weight is 262 g/mol. The highest BCUT2D eigenvalue weighted by Crippen LogP contribution is 2.60. The molecule has 108 valence electrons. The number of rotatable bonds is 2. The van der Waals surface area contributed by atoms with Crippen LogP contribution in [0.3, 0.4) is 0 Å². The molecule has 2 N–H and O–H groups in total. The van der Waals surface area contributed by atoms with Crippen LogP contribution < -0.4 is 5.73 Å². The van der Waals surface area contributed by atoms with E-state index in [1.165, 1.54) is 19.5 Å². The van der Waals surface area contributed by atoms with Crippen molar-refractivity contribution in [2.45, 2.75) is 57.9 Å². The number of nitrogens with zero attached hydrogens (tertiary/aromatic N) is 1. The van der Waals surface area contributed by atoms with Crippen molar-refractivity contribution in [3.8, 4) is 0 Å². The summed E-state index contributed by atoms with van der Waals surface area (Å²) in [7, 11) is 0. The Morgan fingerprint density at radius 1 is 1.05 bits per heavy atom. The van der Waals surface area contributed by atoms with E-state index in [9.17, 15) is 0 Å². The first-order valence-corrected chi connectivity index (χ1v) is 8.60. The first-order valence-electron chi connectivity index (χ1n) is 8.60. The van der Waals surface area contributed by atoms with E-state index in [0.717, 1.165) is 30.2 Å². The zero-order valence-corrected chi connectivity index (χ0v) is 12.5. The van der Waals surface area contributed by atoms with Crippen molar-refractivity contribution in [1.29, 1.82) is 0 Å². The third-order valence-corrected chi connectivity index (χ3v) is 6.82. The molecule has 0 radical (unpaired) electrons. The molecule has 4 saturated carbocycles. The van der Waals surface area contributed by atoms with Crippen molar-refractivity contribution >= 4 is 0 Å². The van der Waals surface area contributed by atoms with E-state index in [4.69, 9.17) is 5.73 Å². The molecule has 2 heteroatoms. The summed E-state index contributed by atoms with van der Waals surface area (Å²) in [4.78, 5) is 2.72. The second-order valence-corrected chi connectivity index (χ2v) is 8.58. The minimum Gasteiger partial charge on any atom is -0.326 e.